The maximum atomic E-state index is 15.0. The van der Waals surface area contributed by atoms with Gasteiger partial charge >= 0.3 is 0 Å². The van der Waals surface area contributed by atoms with Crippen LogP contribution in [0.15, 0.2) is 48.5 Å². The van der Waals surface area contributed by atoms with Gasteiger partial charge in [0.2, 0.25) is 0 Å². The van der Waals surface area contributed by atoms with E-state index in [4.69, 9.17) is 5.26 Å². The third kappa shape index (κ3) is 2.47. The topological polar surface area (TPSA) is 70.0 Å². The first-order valence-corrected chi connectivity index (χ1v) is 8.10. The van der Waals surface area contributed by atoms with Crippen LogP contribution in [0.5, 0.6) is 0 Å². The molecule has 0 amide bonds. The number of carbonyl (C=O) groups excluding carboxylic acids is 2. The summed E-state index contributed by atoms with van der Waals surface area (Å²) >= 11 is 0. The van der Waals surface area contributed by atoms with Crippen molar-refractivity contribution in [3.05, 3.63) is 93.8 Å². The number of ketones is 2. The molecule has 0 saturated heterocycles. The quantitative estimate of drug-likeness (QED) is 0.522. The second kappa shape index (κ2) is 6.35. The van der Waals surface area contributed by atoms with Gasteiger partial charge in [0.15, 0.2) is 29.0 Å². The molecule has 3 aromatic carbocycles. The highest BCUT2D eigenvalue weighted by Crippen LogP contribution is 2.37. The fraction of sp³-hybridized carbons (Fsp3) is 0. The van der Waals surface area contributed by atoms with Crippen molar-refractivity contribution in [3.63, 3.8) is 0 Å². The standard InChI is InChI=1S/C21H9F3N2O2/c22-16-14-15(21(28)13-4-2-1-3-12(13)20(14)27)17(23)19(18(16)24)26-11-7-5-10(9-25)6-8-11/h1-8,26H. The first-order chi connectivity index (χ1) is 13.4. The Morgan fingerprint density at radius 2 is 1.29 bits per heavy atom. The van der Waals surface area contributed by atoms with Crippen LogP contribution in [-0.2, 0) is 0 Å². The van der Waals surface area contributed by atoms with Gasteiger partial charge < -0.3 is 5.32 Å². The van der Waals surface area contributed by atoms with Crippen molar-refractivity contribution in [3.8, 4) is 6.07 Å². The van der Waals surface area contributed by atoms with Crippen LogP contribution in [0.1, 0.15) is 37.4 Å². The molecule has 7 heteroatoms. The maximum Gasteiger partial charge on any atom is 0.197 e. The van der Waals surface area contributed by atoms with E-state index in [1.165, 1.54) is 48.5 Å². The molecule has 0 aromatic heterocycles. The second-order valence-corrected chi connectivity index (χ2v) is 6.08. The molecule has 0 atom stereocenters. The summed E-state index contributed by atoms with van der Waals surface area (Å²) in [6.07, 6.45) is 0. The van der Waals surface area contributed by atoms with Crippen LogP contribution in [0.2, 0.25) is 0 Å². The van der Waals surface area contributed by atoms with E-state index in [1.807, 2.05) is 6.07 Å². The van der Waals surface area contributed by atoms with E-state index >= 15 is 4.39 Å². The van der Waals surface area contributed by atoms with Gasteiger partial charge in [0.05, 0.1) is 22.8 Å². The van der Waals surface area contributed by atoms with Crippen LogP contribution in [-0.4, -0.2) is 11.6 Å². The number of benzene rings is 3. The smallest absolute Gasteiger partial charge is 0.197 e. The van der Waals surface area contributed by atoms with Gasteiger partial charge in [-0.05, 0) is 24.3 Å². The Morgan fingerprint density at radius 1 is 0.750 bits per heavy atom. The molecule has 1 aliphatic rings. The molecule has 0 unspecified atom stereocenters. The second-order valence-electron chi connectivity index (χ2n) is 6.08. The van der Waals surface area contributed by atoms with Gasteiger partial charge in [-0.3, -0.25) is 9.59 Å². The molecule has 1 N–H and O–H groups in total. The average molecular weight is 378 g/mol. The third-order valence-electron chi connectivity index (χ3n) is 4.47. The fourth-order valence-electron chi connectivity index (χ4n) is 3.12. The predicted octanol–water partition coefficient (Wildman–Crippen LogP) is 4.49. The molecule has 4 nitrogen and oxygen atoms in total. The van der Waals surface area contributed by atoms with Gasteiger partial charge in [0.1, 0.15) is 5.69 Å². The lowest BCUT2D eigenvalue weighted by molar-refractivity contribution is 0.0971. The first kappa shape index (κ1) is 17.5. The SMILES string of the molecule is N#Cc1ccc(Nc2c(F)c(F)c3c(c2F)C(=O)c2ccccc2C3=O)cc1. The minimum atomic E-state index is -1.61. The summed E-state index contributed by atoms with van der Waals surface area (Å²) in [4.78, 5) is 25.2. The summed E-state index contributed by atoms with van der Waals surface area (Å²) in [6.45, 7) is 0. The van der Waals surface area contributed by atoms with E-state index in [9.17, 15) is 18.4 Å². The molecular formula is C21H9F3N2O2. The largest absolute Gasteiger partial charge is 0.351 e. The van der Waals surface area contributed by atoms with Crippen molar-refractivity contribution in [1.82, 2.24) is 0 Å². The molecule has 0 saturated carbocycles. The zero-order chi connectivity index (χ0) is 20.0. The van der Waals surface area contributed by atoms with E-state index in [-0.39, 0.29) is 16.8 Å². The van der Waals surface area contributed by atoms with E-state index in [0.717, 1.165) is 0 Å². The summed E-state index contributed by atoms with van der Waals surface area (Å²) in [5.41, 5.74) is -2.30. The van der Waals surface area contributed by atoms with Crippen molar-refractivity contribution in [2.24, 2.45) is 0 Å². The van der Waals surface area contributed by atoms with Gasteiger partial charge in [-0.2, -0.15) is 5.26 Å². The highest BCUT2D eigenvalue weighted by Gasteiger charge is 2.38. The van der Waals surface area contributed by atoms with Gasteiger partial charge in [-0.1, -0.05) is 24.3 Å². The fourth-order valence-corrected chi connectivity index (χ4v) is 3.12. The van der Waals surface area contributed by atoms with Crippen LogP contribution < -0.4 is 5.32 Å². The van der Waals surface area contributed by atoms with Crippen molar-refractivity contribution in [2.75, 3.05) is 5.32 Å². The number of hydrogen-bond donors (Lipinski definition) is 1. The maximum absolute atomic E-state index is 15.0. The molecule has 0 heterocycles. The van der Waals surface area contributed by atoms with Crippen LogP contribution in [0.25, 0.3) is 0 Å². The highest BCUT2D eigenvalue weighted by atomic mass is 19.2. The monoisotopic (exact) mass is 378 g/mol. The van der Waals surface area contributed by atoms with Gasteiger partial charge in [-0.25, -0.2) is 13.2 Å². The van der Waals surface area contributed by atoms with Crippen LogP contribution in [0.4, 0.5) is 24.5 Å². The van der Waals surface area contributed by atoms with Crippen molar-refractivity contribution < 1.29 is 22.8 Å². The number of hydrogen-bond acceptors (Lipinski definition) is 4. The highest BCUT2D eigenvalue weighted by molar-refractivity contribution is 6.28. The molecule has 1 aliphatic carbocycles. The lowest BCUT2D eigenvalue weighted by Crippen LogP contribution is -2.25. The molecular weight excluding hydrogens is 369 g/mol. The Labute approximate surface area is 156 Å². The third-order valence-corrected chi connectivity index (χ3v) is 4.47. The van der Waals surface area contributed by atoms with E-state index in [0.29, 0.717) is 5.56 Å². The number of fused-ring (bicyclic) bond motifs is 2. The Hall–Kier alpha value is -3.92. The van der Waals surface area contributed by atoms with Gasteiger partial charge in [0.25, 0.3) is 0 Å². The van der Waals surface area contributed by atoms with E-state index in [2.05, 4.69) is 5.32 Å². The van der Waals surface area contributed by atoms with Crippen LogP contribution in [0.3, 0.4) is 0 Å². The number of nitriles is 1. The summed E-state index contributed by atoms with van der Waals surface area (Å²) in [7, 11) is 0. The minimum Gasteiger partial charge on any atom is -0.351 e. The number of halogens is 3. The lowest BCUT2D eigenvalue weighted by Gasteiger charge is -2.21. The number of rotatable bonds is 2. The normalized spacial score (nSPS) is 12.2. The van der Waals surface area contributed by atoms with Crippen molar-refractivity contribution in [2.45, 2.75) is 0 Å². The van der Waals surface area contributed by atoms with Gasteiger partial charge in [0, 0.05) is 16.8 Å². The molecule has 0 radical (unpaired) electrons. The molecule has 0 spiro atoms. The Balaban J connectivity index is 1.90. The Morgan fingerprint density at radius 3 is 1.82 bits per heavy atom. The lowest BCUT2D eigenvalue weighted by atomic mass is 9.83. The minimum absolute atomic E-state index is 0.0748. The molecule has 4 rings (SSSR count). The summed E-state index contributed by atoms with van der Waals surface area (Å²) < 4.78 is 44.3. The molecule has 136 valence electrons. The van der Waals surface area contributed by atoms with Crippen LogP contribution in [0, 0.1) is 28.8 Å². The molecule has 3 aromatic rings. The summed E-state index contributed by atoms with van der Waals surface area (Å²) in [6, 6.07) is 13.0. The zero-order valence-electron chi connectivity index (χ0n) is 14.0. The number of nitrogens with zero attached hydrogens (tertiary/aromatic N) is 1. The molecule has 0 bridgehead atoms. The molecule has 0 aliphatic heterocycles. The number of nitrogens with one attached hydrogen (secondary N) is 1. The molecule has 0 fully saturated rings. The molecule has 28 heavy (non-hydrogen) atoms. The van der Waals surface area contributed by atoms with E-state index in [1.54, 1.807) is 0 Å². The average Bonchev–Trinajstić information content (AvgIpc) is 2.72. The Kier molecular flexibility index (Phi) is 3.97. The number of anilines is 2. The number of carbonyl (C=O) groups is 2. The van der Waals surface area contributed by atoms with Crippen molar-refractivity contribution in [1.29, 1.82) is 5.26 Å². The first-order valence-electron chi connectivity index (χ1n) is 8.10. The summed E-state index contributed by atoms with van der Waals surface area (Å²) in [5, 5.41) is 11.2. The Bertz CT molecular complexity index is 1210. The zero-order valence-corrected chi connectivity index (χ0v) is 14.0. The predicted molar refractivity (Wildman–Crippen MR) is 94.1 cm³/mol. The summed E-state index contributed by atoms with van der Waals surface area (Å²) in [5.74, 6) is -6.41. The van der Waals surface area contributed by atoms with Crippen LogP contribution >= 0.6 is 0 Å². The van der Waals surface area contributed by atoms with Gasteiger partial charge in [-0.15, -0.1) is 0 Å². The van der Waals surface area contributed by atoms with Crippen molar-refractivity contribution >= 4 is 22.9 Å². The van der Waals surface area contributed by atoms with E-state index < -0.39 is 45.8 Å².